The topological polar surface area (TPSA) is 16.1 Å². The molecule has 0 unspecified atom stereocenters. The van der Waals surface area contributed by atoms with Gasteiger partial charge in [-0.25, -0.2) is 4.98 Å². The second kappa shape index (κ2) is 6.19. The Labute approximate surface area is 135 Å². The van der Waals surface area contributed by atoms with Gasteiger partial charge in [-0.1, -0.05) is 42.5 Å². The van der Waals surface area contributed by atoms with Crippen LogP contribution in [0.15, 0.2) is 54.6 Å². The molecule has 0 saturated carbocycles. The van der Waals surface area contributed by atoms with Crippen LogP contribution in [-0.2, 0) is 6.54 Å². The normalized spacial score (nSPS) is 19.5. The van der Waals surface area contributed by atoms with Gasteiger partial charge in [0.15, 0.2) is 0 Å². The van der Waals surface area contributed by atoms with Gasteiger partial charge in [-0.2, -0.15) is 0 Å². The molecule has 3 heteroatoms. The Bertz CT molecular complexity index is 717. The lowest BCUT2D eigenvalue weighted by atomic mass is 9.98. The number of rotatable bonds is 3. The van der Waals surface area contributed by atoms with Gasteiger partial charge in [-0.05, 0) is 37.1 Å². The minimum atomic E-state index is 0.592. The van der Waals surface area contributed by atoms with Gasteiger partial charge >= 0.3 is 0 Å². The highest BCUT2D eigenvalue weighted by Crippen LogP contribution is 2.33. The number of thiazole rings is 1. The van der Waals surface area contributed by atoms with Crippen LogP contribution in [0.4, 0.5) is 0 Å². The first-order valence-electron chi connectivity index (χ1n) is 8.00. The Morgan fingerprint density at radius 1 is 1.05 bits per heavy atom. The highest BCUT2D eigenvalue weighted by Gasteiger charge is 2.24. The van der Waals surface area contributed by atoms with Crippen molar-refractivity contribution in [2.45, 2.75) is 25.3 Å². The first kappa shape index (κ1) is 13.9. The second-order valence-electron chi connectivity index (χ2n) is 6.08. The summed E-state index contributed by atoms with van der Waals surface area (Å²) in [7, 11) is 0. The van der Waals surface area contributed by atoms with Crippen LogP contribution >= 0.6 is 11.3 Å². The van der Waals surface area contributed by atoms with Crippen LogP contribution in [0.1, 0.15) is 29.3 Å². The molecular weight excluding hydrogens is 288 g/mol. The highest BCUT2D eigenvalue weighted by molar-refractivity contribution is 7.18. The Kier molecular flexibility index (Phi) is 3.92. The minimum absolute atomic E-state index is 0.592. The van der Waals surface area contributed by atoms with Gasteiger partial charge in [0.2, 0.25) is 0 Å². The molecule has 0 bridgehead atoms. The number of piperidine rings is 1. The molecule has 2 aromatic carbocycles. The van der Waals surface area contributed by atoms with Crippen molar-refractivity contribution in [3.05, 3.63) is 65.2 Å². The van der Waals surface area contributed by atoms with E-state index in [1.165, 1.54) is 34.7 Å². The smallest absolute Gasteiger partial charge is 0.0982 e. The average Bonchev–Trinajstić information content (AvgIpc) is 3.00. The molecule has 1 aliphatic heterocycles. The van der Waals surface area contributed by atoms with Crippen molar-refractivity contribution in [1.29, 1.82) is 0 Å². The summed E-state index contributed by atoms with van der Waals surface area (Å²) in [5, 5.41) is 1.32. The maximum atomic E-state index is 4.87. The molecule has 22 heavy (non-hydrogen) atoms. The SMILES string of the molecule is c1ccc(CN2CCC[C@@H](c3nc4ccccc4s3)C2)cc1. The number of benzene rings is 2. The van der Waals surface area contributed by atoms with Crippen LogP contribution in [0, 0.1) is 0 Å². The van der Waals surface area contributed by atoms with E-state index in [1.807, 2.05) is 11.3 Å². The summed E-state index contributed by atoms with van der Waals surface area (Å²) in [4.78, 5) is 7.45. The van der Waals surface area contributed by atoms with E-state index >= 15 is 0 Å². The number of para-hydroxylation sites is 1. The first-order chi connectivity index (χ1) is 10.9. The maximum Gasteiger partial charge on any atom is 0.0982 e. The zero-order valence-corrected chi connectivity index (χ0v) is 13.4. The van der Waals surface area contributed by atoms with E-state index in [0.29, 0.717) is 5.92 Å². The van der Waals surface area contributed by atoms with E-state index in [2.05, 4.69) is 59.5 Å². The van der Waals surface area contributed by atoms with Crippen LogP contribution in [0.3, 0.4) is 0 Å². The fraction of sp³-hybridized carbons (Fsp3) is 0.316. The lowest BCUT2D eigenvalue weighted by molar-refractivity contribution is 0.200. The molecule has 0 aliphatic carbocycles. The van der Waals surface area contributed by atoms with E-state index in [0.717, 1.165) is 18.6 Å². The molecule has 0 spiro atoms. The third-order valence-corrected chi connectivity index (χ3v) is 5.61. The van der Waals surface area contributed by atoms with Gasteiger partial charge in [0.25, 0.3) is 0 Å². The van der Waals surface area contributed by atoms with Crippen molar-refractivity contribution in [1.82, 2.24) is 9.88 Å². The summed E-state index contributed by atoms with van der Waals surface area (Å²) >= 11 is 1.87. The molecule has 1 atom stereocenters. The molecule has 0 N–H and O–H groups in total. The third-order valence-electron chi connectivity index (χ3n) is 4.41. The lowest BCUT2D eigenvalue weighted by Crippen LogP contribution is -2.33. The minimum Gasteiger partial charge on any atom is -0.298 e. The van der Waals surface area contributed by atoms with Crippen molar-refractivity contribution >= 4 is 21.6 Å². The summed E-state index contributed by atoms with van der Waals surface area (Å²) in [6, 6.07) is 19.3. The predicted octanol–water partition coefficient (Wildman–Crippen LogP) is 4.68. The summed E-state index contributed by atoms with van der Waals surface area (Å²) in [5.74, 6) is 0.592. The molecule has 2 nitrogen and oxygen atoms in total. The second-order valence-corrected chi connectivity index (χ2v) is 7.14. The van der Waals surface area contributed by atoms with Crippen molar-refractivity contribution in [2.75, 3.05) is 13.1 Å². The zero-order chi connectivity index (χ0) is 14.8. The standard InChI is InChI=1S/C19H20N2S/c1-2-7-15(8-3-1)13-21-12-6-9-16(14-21)19-20-17-10-4-5-11-18(17)22-19/h1-5,7-8,10-11,16H,6,9,12-14H2/t16-/m1/s1. The van der Waals surface area contributed by atoms with Crippen molar-refractivity contribution in [2.24, 2.45) is 0 Å². The number of aromatic nitrogens is 1. The molecule has 4 rings (SSSR count). The molecule has 0 amide bonds. The molecule has 1 fully saturated rings. The molecule has 3 aromatic rings. The Morgan fingerprint density at radius 2 is 1.86 bits per heavy atom. The van der Waals surface area contributed by atoms with Crippen LogP contribution in [0.5, 0.6) is 0 Å². The van der Waals surface area contributed by atoms with E-state index < -0.39 is 0 Å². The predicted molar refractivity (Wildman–Crippen MR) is 93.3 cm³/mol. The molecule has 2 heterocycles. The summed E-state index contributed by atoms with van der Waals surface area (Å²) in [6.07, 6.45) is 2.54. The number of hydrogen-bond acceptors (Lipinski definition) is 3. The van der Waals surface area contributed by atoms with Gasteiger partial charge < -0.3 is 0 Å². The highest BCUT2D eigenvalue weighted by atomic mass is 32.1. The zero-order valence-electron chi connectivity index (χ0n) is 12.6. The fourth-order valence-corrected chi connectivity index (χ4v) is 4.40. The van der Waals surface area contributed by atoms with Crippen molar-refractivity contribution in [3.63, 3.8) is 0 Å². The Hall–Kier alpha value is -1.71. The first-order valence-corrected chi connectivity index (χ1v) is 8.82. The number of fused-ring (bicyclic) bond motifs is 1. The Morgan fingerprint density at radius 3 is 2.73 bits per heavy atom. The molecule has 1 aliphatic rings. The van der Waals surface area contributed by atoms with Gasteiger partial charge in [0.1, 0.15) is 0 Å². The summed E-state index contributed by atoms with van der Waals surface area (Å²) in [5.41, 5.74) is 2.56. The van der Waals surface area contributed by atoms with Crippen molar-refractivity contribution in [3.8, 4) is 0 Å². The number of likely N-dealkylation sites (tertiary alicyclic amines) is 1. The molecule has 1 saturated heterocycles. The van der Waals surface area contributed by atoms with Crippen LogP contribution in [0.2, 0.25) is 0 Å². The Balaban J connectivity index is 1.50. The fourth-order valence-electron chi connectivity index (χ4n) is 3.31. The van der Waals surface area contributed by atoms with Crippen LogP contribution in [0.25, 0.3) is 10.2 Å². The lowest BCUT2D eigenvalue weighted by Gasteiger charge is -2.31. The third kappa shape index (κ3) is 2.92. The van der Waals surface area contributed by atoms with Crippen LogP contribution < -0.4 is 0 Å². The van der Waals surface area contributed by atoms with Gasteiger partial charge in [-0.15, -0.1) is 11.3 Å². The van der Waals surface area contributed by atoms with E-state index in [1.54, 1.807) is 0 Å². The van der Waals surface area contributed by atoms with E-state index in [9.17, 15) is 0 Å². The average molecular weight is 308 g/mol. The summed E-state index contributed by atoms with van der Waals surface area (Å²) < 4.78 is 1.32. The van der Waals surface area contributed by atoms with E-state index in [4.69, 9.17) is 4.98 Å². The quantitative estimate of drug-likeness (QED) is 0.698. The van der Waals surface area contributed by atoms with Gasteiger partial charge in [0.05, 0.1) is 15.2 Å². The summed E-state index contributed by atoms with van der Waals surface area (Å²) in [6.45, 7) is 3.40. The maximum absolute atomic E-state index is 4.87. The number of hydrogen-bond donors (Lipinski definition) is 0. The van der Waals surface area contributed by atoms with Crippen molar-refractivity contribution < 1.29 is 0 Å². The van der Waals surface area contributed by atoms with Crippen LogP contribution in [-0.4, -0.2) is 23.0 Å². The largest absolute Gasteiger partial charge is 0.298 e. The van der Waals surface area contributed by atoms with Gasteiger partial charge in [-0.3, -0.25) is 4.90 Å². The molecule has 1 aromatic heterocycles. The number of nitrogens with zero attached hydrogens (tertiary/aromatic N) is 2. The monoisotopic (exact) mass is 308 g/mol. The van der Waals surface area contributed by atoms with Gasteiger partial charge in [0, 0.05) is 19.0 Å². The molecule has 0 radical (unpaired) electrons. The molecular formula is C19H20N2S. The van der Waals surface area contributed by atoms with E-state index in [-0.39, 0.29) is 0 Å². The molecule has 112 valence electrons.